The van der Waals surface area contributed by atoms with Gasteiger partial charge in [-0.2, -0.15) is 0 Å². The number of nitrogens with one attached hydrogen (secondary N) is 4. The van der Waals surface area contributed by atoms with Crippen LogP contribution in [0, 0.1) is 0 Å². The van der Waals surface area contributed by atoms with Crippen LogP contribution in [0.5, 0.6) is 0 Å². The van der Waals surface area contributed by atoms with E-state index in [1.165, 1.54) is 38.0 Å². The van der Waals surface area contributed by atoms with Crippen molar-refractivity contribution < 1.29 is 48.5 Å². The molecule has 2 heterocycles. The van der Waals surface area contributed by atoms with Crippen LogP contribution in [0.15, 0.2) is 134 Å². The van der Waals surface area contributed by atoms with Gasteiger partial charge in [-0.1, -0.05) is 96.5 Å². The van der Waals surface area contributed by atoms with E-state index in [0.717, 1.165) is 16.7 Å². The number of carboxylic acids is 1. The van der Waals surface area contributed by atoms with Crippen molar-refractivity contribution in [2.24, 2.45) is 0 Å². The number of ether oxygens (including phenoxy) is 3. The van der Waals surface area contributed by atoms with Gasteiger partial charge < -0.3 is 40.0 Å². The third-order valence-electron chi connectivity index (χ3n) is 8.97. The standard InChI is InChI=1S/C25H28N4O4.C13H12ClN3O2.C11H16BNO4/c1-25(2,3)33-24(31)28-19-12-10-18(11-13-19)20-15-22(27-16-26-20)29-21(23(30)32-4)14-17-8-6-5-7-9-17;14-11-7-12(16-8-15-11)17-10(13(18)19)6-9-4-2-1-3-5-9;1-11(2,3)17-10(14)13-9-6-4-8(5-7-9)12(15)16/h5-13,15-16,21H,14H2,1-4H3,(H,28,31)(H,26,27,29);1-5,7-8,10H,6H2,(H,18,19)(H,15,16,17);4-7,15-16H,1-3H3,(H,13,14). The minimum Gasteiger partial charge on any atom is -0.480 e. The average Bonchev–Trinajstić information content (AvgIpc) is 3.29. The summed E-state index contributed by atoms with van der Waals surface area (Å²) in [6.45, 7) is 10.7. The Labute approximate surface area is 406 Å². The van der Waals surface area contributed by atoms with Gasteiger partial charge in [0, 0.05) is 41.9 Å². The van der Waals surface area contributed by atoms with Crippen molar-refractivity contribution in [2.45, 2.75) is 77.7 Å². The monoisotopic (exact) mass is 962 g/mol. The number of rotatable bonds is 14. The Morgan fingerprint density at radius 1 is 0.623 bits per heavy atom. The number of halogens is 1. The molecule has 0 aliphatic heterocycles. The second-order valence-electron chi connectivity index (χ2n) is 17.0. The third-order valence-corrected chi connectivity index (χ3v) is 9.18. The molecule has 2 amide bonds. The van der Waals surface area contributed by atoms with Gasteiger partial charge >= 0.3 is 31.2 Å². The summed E-state index contributed by atoms with van der Waals surface area (Å²) in [5, 5.41) is 38.5. The molecule has 0 saturated carbocycles. The number of carbonyl (C=O) groups excluding carboxylic acids is 3. The lowest BCUT2D eigenvalue weighted by atomic mass is 9.80. The average molecular weight is 963 g/mol. The smallest absolute Gasteiger partial charge is 0.480 e. The molecule has 2 unspecified atom stereocenters. The number of carbonyl (C=O) groups is 4. The molecule has 0 aliphatic rings. The summed E-state index contributed by atoms with van der Waals surface area (Å²) in [5.74, 6) is -0.430. The fraction of sp³-hybridized carbons (Fsp3) is 0.265. The summed E-state index contributed by atoms with van der Waals surface area (Å²) >= 11 is 5.73. The molecule has 0 spiro atoms. The van der Waals surface area contributed by atoms with E-state index in [4.69, 9.17) is 35.9 Å². The van der Waals surface area contributed by atoms with Crippen molar-refractivity contribution in [3.8, 4) is 11.3 Å². The van der Waals surface area contributed by atoms with Gasteiger partial charge in [-0.05, 0) is 82.4 Å². The lowest BCUT2D eigenvalue weighted by Crippen LogP contribution is -2.33. The van der Waals surface area contributed by atoms with E-state index in [2.05, 4.69) is 41.2 Å². The minimum absolute atomic E-state index is 0.265. The van der Waals surface area contributed by atoms with Crippen molar-refractivity contribution in [1.29, 1.82) is 0 Å². The predicted octanol–water partition coefficient (Wildman–Crippen LogP) is 7.64. The van der Waals surface area contributed by atoms with Crippen LogP contribution >= 0.6 is 11.6 Å². The number of esters is 1. The van der Waals surface area contributed by atoms with Crippen molar-refractivity contribution >= 4 is 71.3 Å². The van der Waals surface area contributed by atoms with Crippen LogP contribution in [0.4, 0.5) is 32.6 Å². The second-order valence-corrected chi connectivity index (χ2v) is 17.4. The molecule has 18 nitrogen and oxygen atoms in total. The fourth-order valence-electron chi connectivity index (χ4n) is 5.90. The Balaban J connectivity index is 0.000000245. The highest BCUT2D eigenvalue weighted by atomic mass is 35.5. The van der Waals surface area contributed by atoms with Crippen molar-refractivity contribution in [2.75, 3.05) is 28.4 Å². The van der Waals surface area contributed by atoms with E-state index >= 15 is 0 Å². The van der Waals surface area contributed by atoms with Crippen molar-refractivity contribution in [3.05, 3.63) is 150 Å². The first-order chi connectivity index (χ1) is 32.7. The molecular weight excluding hydrogens is 907 g/mol. The maximum absolute atomic E-state index is 12.3. The highest BCUT2D eigenvalue weighted by Gasteiger charge is 2.22. The van der Waals surface area contributed by atoms with E-state index in [1.54, 1.807) is 71.9 Å². The molecular formula is C49H56BClN8O10. The molecule has 20 heteroatoms. The van der Waals surface area contributed by atoms with Crippen LogP contribution in [-0.2, 0) is 36.6 Å². The van der Waals surface area contributed by atoms with Crippen LogP contribution in [0.2, 0.25) is 5.15 Å². The van der Waals surface area contributed by atoms with Crippen LogP contribution < -0.4 is 26.7 Å². The minimum atomic E-state index is -1.51. The SMILES string of the molecule is CC(C)(C)OC(=O)Nc1ccc(B(O)O)cc1.COC(=O)C(Cc1ccccc1)Nc1cc(-c2ccc(NC(=O)OC(C)(C)C)cc2)ncn1.O=C(O)C(Cc1ccccc1)Nc1cc(Cl)ncn1. The van der Waals surface area contributed by atoms with Gasteiger partial charge in [0.25, 0.3) is 0 Å². The number of aliphatic carboxylic acids is 1. The molecule has 4 aromatic carbocycles. The zero-order chi connectivity index (χ0) is 50.6. The van der Waals surface area contributed by atoms with Crippen LogP contribution in [0.1, 0.15) is 52.7 Å². The number of hydrogen-bond acceptors (Lipinski definition) is 15. The predicted molar refractivity (Wildman–Crippen MR) is 265 cm³/mol. The van der Waals surface area contributed by atoms with Crippen LogP contribution in [0.3, 0.4) is 0 Å². The number of nitrogens with zero attached hydrogens (tertiary/aromatic N) is 4. The van der Waals surface area contributed by atoms with Gasteiger partial charge in [0.15, 0.2) is 0 Å². The van der Waals surface area contributed by atoms with Crippen LogP contribution in [0.25, 0.3) is 11.3 Å². The van der Waals surface area contributed by atoms with E-state index in [-0.39, 0.29) is 11.1 Å². The highest BCUT2D eigenvalue weighted by molar-refractivity contribution is 6.58. The summed E-state index contributed by atoms with van der Waals surface area (Å²) in [5.41, 5.74) is 3.80. The Bertz CT molecular complexity index is 2570. The number of carboxylic acid groups (broad SMARTS) is 1. The molecule has 362 valence electrons. The molecule has 7 N–H and O–H groups in total. The van der Waals surface area contributed by atoms with Crippen molar-refractivity contribution in [3.63, 3.8) is 0 Å². The molecule has 2 aromatic heterocycles. The Morgan fingerprint density at radius 3 is 1.52 bits per heavy atom. The number of amides is 2. The number of methoxy groups -OCH3 is 1. The zero-order valence-corrected chi connectivity index (χ0v) is 40.0. The number of benzene rings is 4. The lowest BCUT2D eigenvalue weighted by molar-refractivity contribution is -0.141. The molecule has 0 aliphatic carbocycles. The second kappa shape index (κ2) is 26.1. The zero-order valence-electron chi connectivity index (χ0n) is 39.2. The molecule has 2 atom stereocenters. The molecule has 6 aromatic rings. The van der Waals surface area contributed by atoms with Crippen molar-refractivity contribution in [1.82, 2.24) is 19.9 Å². The van der Waals surface area contributed by atoms with Gasteiger partial charge in [0.05, 0.1) is 12.8 Å². The topological polar surface area (TPSA) is 256 Å². The van der Waals surface area contributed by atoms with E-state index in [0.29, 0.717) is 47.0 Å². The molecule has 6 rings (SSSR count). The maximum atomic E-state index is 12.3. The van der Waals surface area contributed by atoms with E-state index < -0.39 is 48.6 Å². The quantitative estimate of drug-likeness (QED) is 0.0240. The summed E-state index contributed by atoms with van der Waals surface area (Å²) in [7, 11) is -0.147. The number of hydrogen-bond donors (Lipinski definition) is 7. The van der Waals surface area contributed by atoms with Gasteiger partial charge in [-0.25, -0.2) is 39.1 Å². The normalized spacial score (nSPS) is 11.6. The summed E-state index contributed by atoms with van der Waals surface area (Å²) in [6.07, 6.45) is 2.47. The molecule has 0 bridgehead atoms. The Morgan fingerprint density at radius 2 is 1.07 bits per heavy atom. The summed E-state index contributed by atoms with van der Waals surface area (Å²) in [6, 6.07) is 34.3. The Kier molecular flexibility index (Phi) is 20.4. The van der Waals surface area contributed by atoms with Gasteiger partial charge in [0.1, 0.15) is 52.7 Å². The molecule has 69 heavy (non-hydrogen) atoms. The van der Waals surface area contributed by atoms with Crippen LogP contribution in [-0.4, -0.2) is 96.7 Å². The largest absolute Gasteiger partial charge is 0.488 e. The summed E-state index contributed by atoms with van der Waals surface area (Å²) in [4.78, 5) is 63.2. The fourth-order valence-corrected chi connectivity index (χ4v) is 6.05. The highest BCUT2D eigenvalue weighted by Crippen LogP contribution is 2.23. The first kappa shape index (κ1) is 54.0. The van der Waals surface area contributed by atoms with Gasteiger partial charge in [-0.15, -0.1) is 0 Å². The van der Waals surface area contributed by atoms with Gasteiger partial charge in [0.2, 0.25) is 0 Å². The molecule has 0 saturated heterocycles. The lowest BCUT2D eigenvalue weighted by Gasteiger charge is -2.19. The van der Waals surface area contributed by atoms with Gasteiger partial charge in [-0.3, -0.25) is 10.6 Å². The number of anilines is 4. The third kappa shape index (κ3) is 20.4. The number of aromatic nitrogens is 4. The Hall–Kier alpha value is -7.61. The summed E-state index contributed by atoms with van der Waals surface area (Å²) < 4.78 is 15.3. The first-order valence-electron chi connectivity index (χ1n) is 21.4. The molecule has 0 fully saturated rings. The van der Waals surface area contributed by atoms with E-state index in [9.17, 15) is 24.3 Å². The maximum Gasteiger partial charge on any atom is 0.488 e. The first-order valence-corrected chi connectivity index (χ1v) is 21.8. The van der Waals surface area contributed by atoms with E-state index in [1.807, 2.05) is 72.8 Å². The molecule has 0 radical (unpaired) electrons.